The van der Waals surface area contributed by atoms with E-state index in [0.717, 1.165) is 11.3 Å². The highest BCUT2D eigenvalue weighted by molar-refractivity contribution is 5.73. The minimum absolute atomic E-state index is 0.252. The van der Waals surface area contributed by atoms with Gasteiger partial charge in [0.15, 0.2) is 0 Å². The number of para-hydroxylation sites is 1. The summed E-state index contributed by atoms with van der Waals surface area (Å²) in [5, 5.41) is 5.45. The number of amides is 2. The first-order valence-corrected chi connectivity index (χ1v) is 8.47. The van der Waals surface area contributed by atoms with Crippen LogP contribution in [-0.4, -0.2) is 29.2 Å². The van der Waals surface area contributed by atoms with Gasteiger partial charge in [0.2, 0.25) is 0 Å². The van der Waals surface area contributed by atoms with E-state index in [2.05, 4.69) is 20.6 Å². The van der Waals surface area contributed by atoms with Crippen LogP contribution in [0.4, 0.5) is 9.18 Å². The molecule has 2 aromatic carbocycles. The lowest BCUT2D eigenvalue weighted by molar-refractivity contribution is 0.236. The van der Waals surface area contributed by atoms with Gasteiger partial charge in [-0.15, -0.1) is 0 Å². The SMILES string of the molecule is O=C(NCCOc1ccccc1)NCc1cc(-c2ccc(F)cc2)ncn1. The van der Waals surface area contributed by atoms with Crippen molar-refractivity contribution in [1.82, 2.24) is 20.6 Å². The molecule has 0 aliphatic carbocycles. The Morgan fingerprint density at radius 3 is 2.56 bits per heavy atom. The summed E-state index contributed by atoms with van der Waals surface area (Å²) < 4.78 is 18.5. The van der Waals surface area contributed by atoms with Gasteiger partial charge in [-0.3, -0.25) is 0 Å². The Kier molecular flexibility index (Phi) is 6.30. The average Bonchev–Trinajstić information content (AvgIpc) is 2.71. The van der Waals surface area contributed by atoms with Crippen molar-refractivity contribution in [3.63, 3.8) is 0 Å². The van der Waals surface area contributed by atoms with Crippen LogP contribution in [0.2, 0.25) is 0 Å². The maximum absolute atomic E-state index is 13.0. The Labute approximate surface area is 156 Å². The lowest BCUT2D eigenvalue weighted by Crippen LogP contribution is -2.37. The number of urea groups is 1. The fourth-order valence-electron chi connectivity index (χ4n) is 2.36. The lowest BCUT2D eigenvalue weighted by atomic mass is 10.1. The van der Waals surface area contributed by atoms with Crippen LogP contribution >= 0.6 is 0 Å². The molecule has 2 N–H and O–H groups in total. The van der Waals surface area contributed by atoms with Crippen molar-refractivity contribution < 1.29 is 13.9 Å². The maximum Gasteiger partial charge on any atom is 0.315 e. The third-order valence-corrected chi connectivity index (χ3v) is 3.69. The Hall–Kier alpha value is -3.48. The van der Waals surface area contributed by atoms with Crippen molar-refractivity contribution in [1.29, 1.82) is 0 Å². The van der Waals surface area contributed by atoms with Crippen molar-refractivity contribution in [2.24, 2.45) is 0 Å². The molecule has 0 spiro atoms. The molecule has 0 unspecified atom stereocenters. The Morgan fingerprint density at radius 2 is 1.78 bits per heavy atom. The van der Waals surface area contributed by atoms with Crippen LogP contribution in [0.1, 0.15) is 5.69 Å². The summed E-state index contributed by atoms with van der Waals surface area (Å²) in [6, 6.07) is 16.9. The van der Waals surface area contributed by atoms with E-state index in [-0.39, 0.29) is 18.4 Å². The van der Waals surface area contributed by atoms with Crippen molar-refractivity contribution in [2.45, 2.75) is 6.54 Å². The summed E-state index contributed by atoms with van der Waals surface area (Å²) in [4.78, 5) is 20.2. The monoisotopic (exact) mass is 366 g/mol. The van der Waals surface area contributed by atoms with E-state index in [1.165, 1.54) is 18.5 Å². The predicted molar refractivity (Wildman–Crippen MR) is 99.6 cm³/mol. The topological polar surface area (TPSA) is 76.1 Å². The van der Waals surface area contributed by atoms with Crippen molar-refractivity contribution in [2.75, 3.05) is 13.2 Å². The normalized spacial score (nSPS) is 10.3. The van der Waals surface area contributed by atoms with Gasteiger partial charge in [0.1, 0.15) is 24.5 Å². The van der Waals surface area contributed by atoms with E-state index in [4.69, 9.17) is 4.74 Å². The van der Waals surface area contributed by atoms with Crippen molar-refractivity contribution in [3.8, 4) is 17.0 Å². The zero-order chi connectivity index (χ0) is 18.9. The van der Waals surface area contributed by atoms with Crippen LogP contribution in [-0.2, 0) is 6.54 Å². The first kappa shape index (κ1) is 18.3. The molecule has 3 aromatic rings. The third kappa shape index (κ3) is 5.78. The maximum atomic E-state index is 13.0. The number of ether oxygens (including phenoxy) is 1. The largest absolute Gasteiger partial charge is 0.492 e. The Balaban J connectivity index is 1.43. The molecule has 3 rings (SSSR count). The number of rotatable bonds is 7. The van der Waals surface area contributed by atoms with Gasteiger partial charge in [-0.05, 0) is 42.5 Å². The van der Waals surface area contributed by atoms with Gasteiger partial charge in [0, 0.05) is 5.56 Å². The first-order chi connectivity index (χ1) is 13.2. The molecule has 7 heteroatoms. The zero-order valence-electron chi connectivity index (χ0n) is 14.6. The number of hydrogen-bond donors (Lipinski definition) is 2. The number of aromatic nitrogens is 2. The van der Waals surface area contributed by atoms with Crippen LogP contribution in [0.3, 0.4) is 0 Å². The van der Waals surface area contributed by atoms with E-state index in [9.17, 15) is 9.18 Å². The molecule has 0 radical (unpaired) electrons. The molecule has 0 atom stereocenters. The number of nitrogens with zero attached hydrogens (tertiary/aromatic N) is 2. The minimum atomic E-state index is -0.311. The van der Waals surface area contributed by atoms with E-state index in [1.54, 1.807) is 18.2 Å². The Bertz CT molecular complexity index is 873. The number of halogens is 1. The first-order valence-electron chi connectivity index (χ1n) is 8.47. The highest BCUT2D eigenvalue weighted by Crippen LogP contribution is 2.17. The average molecular weight is 366 g/mol. The molecule has 6 nitrogen and oxygen atoms in total. The summed E-state index contributed by atoms with van der Waals surface area (Å²) in [7, 11) is 0. The Morgan fingerprint density at radius 1 is 1.00 bits per heavy atom. The number of benzene rings is 2. The fourth-order valence-corrected chi connectivity index (χ4v) is 2.36. The fraction of sp³-hybridized carbons (Fsp3) is 0.150. The van der Waals surface area contributed by atoms with Crippen molar-refractivity contribution in [3.05, 3.63) is 78.5 Å². The van der Waals surface area contributed by atoms with Gasteiger partial charge < -0.3 is 15.4 Å². The summed E-state index contributed by atoms with van der Waals surface area (Å²) >= 11 is 0. The standard InChI is InChI=1S/C20H19FN4O2/c21-16-8-6-15(7-9-16)19-12-17(24-14-25-19)13-23-20(26)22-10-11-27-18-4-2-1-3-5-18/h1-9,12,14H,10-11,13H2,(H2,22,23,26). The zero-order valence-corrected chi connectivity index (χ0v) is 14.6. The molecule has 2 amide bonds. The molecule has 1 heterocycles. The van der Waals surface area contributed by atoms with Gasteiger partial charge >= 0.3 is 6.03 Å². The van der Waals surface area contributed by atoms with E-state index in [1.807, 2.05) is 30.3 Å². The number of carbonyl (C=O) groups excluding carboxylic acids is 1. The number of carbonyl (C=O) groups is 1. The van der Waals surface area contributed by atoms with E-state index < -0.39 is 0 Å². The molecule has 138 valence electrons. The summed E-state index contributed by atoms with van der Waals surface area (Å²) in [6.45, 7) is 1.01. The van der Waals surface area contributed by atoms with E-state index in [0.29, 0.717) is 24.5 Å². The smallest absolute Gasteiger partial charge is 0.315 e. The van der Waals surface area contributed by atoms with Crippen molar-refractivity contribution >= 4 is 6.03 Å². The minimum Gasteiger partial charge on any atom is -0.492 e. The van der Waals surface area contributed by atoms with Gasteiger partial charge in [-0.1, -0.05) is 18.2 Å². The second-order valence-corrected chi connectivity index (χ2v) is 5.67. The predicted octanol–water partition coefficient (Wildman–Crippen LogP) is 3.16. The van der Waals surface area contributed by atoms with E-state index >= 15 is 0 Å². The van der Waals surface area contributed by atoms with Crippen LogP contribution in [0.15, 0.2) is 67.0 Å². The molecule has 0 saturated heterocycles. The third-order valence-electron chi connectivity index (χ3n) is 3.69. The van der Waals surface area contributed by atoms with Crippen LogP contribution in [0, 0.1) is 5.82 Å². The summed E-state index contributed by atoms with van der Waals surface area (Å²) in [6.07, 6.45) is 1.42. The second-order valence-electron chi connectivity index (χ2n) is 5.67. The van der Waals surface area contributed by atoms with Crippen LogP contribution in [0.25, 0.3) is 11.3 Å². The quantitative estimate of drug-likeness (QED) is 0.630. The molecule has 0 saturated carbocycles. The van der Waals surface area contributed by atoms with Gasteiger partial charge in [0.05, 0.1) is 24.5 Å². The molecule has 0 bridgehead atoms. The molecule has 1 aromatic heterocycles. The highest BCUT2D eigenvalue weighted by atomic mass is 19.1. The molecule has 0 aliphatic heterocycles. The lowest BCUT2D eigenvalue weighted by Gasteiger charge is -2.09. The van der Waals surface area contributed by atoms with Gasteiger partial charge in [-0.25, -0.2) is 19.2 Å². The summed E-state index contributed by atoms with van der Waals surface area (Å²) in [5.74, 6) is 0.455. The molecule has 0 aliphatic rings. The van der Waals surface area contributed by atoms with Gasteiger partial charge in [0.25, 0.3) is 0 Å². The number of hydrogen-bond acceptors (Lipinski definition) is 4. The molecular weight excluding hydrogens is 347 g/mol. The highest BCUT2D eigenvalue weighted by Gasteiger charge is 2.05. The summed E-state index contributed by atoms with van der Waals surface area (Å²) in [5.41, 5.74) is 2.10. The molecule has 27 heavy (non-hydrogen) atoms. The molecular formula is C20H19FN4O2. The number of nitrogens with one attached hydrogen (secondary N) is 2. The molecule has 0 fully saturated rings. The van der Waals surface area contributed by atoms with Gasteiger partial charge in [-0.2, -0.15) is 0 Å². The second kappa shape index (κ2) is 9.28. The van der Waals surface area contributed by atoms with Crippen LogP contribution < -0.4 is 15.4 Å². The van der Waals surface area contributed by atoms with Crippen LogP contribution in [0.5, 0.6) is 5.75 Å².